The Bertz CT molecular complexity index is 2570. The second-order valence-corrected chi connectivity index (χ2v) is 15.5. The molecule has 0 saturated carbocycles. The molecule has 0 N–H and O–H groups in total. The molecule has 0 aromatic heterocycles. The van der Waals surface area contributed by atoms with E-state index >= 15 is 0 Å². The van der Waals surface area contributed by atoms with E-state index in [9.17, 15) is 0 Å². The molecule has 0 bridgehead atoms. The number of benzene rings is 6. The van der Waals surface area contributed by atoms with Gasteiger partial charge < -0.3 is 0 Å². The summed E-state index contributed by atoms with van der Waals surface area (Å²) in [7, 11) is 0. The first-order chi connectivity index (χ1) is 28.1. The van der Waals surface area contributed by atoms with Crippen molar-refractivity contribution < 1.29 is 0 Å². The highest BCUT2D eigenvalue weighted by molar-refractivity contribution is 5.93. The van der Waals surface area contributed by atoms with Gasteiger partial charge in [-0.05, 0) is 144 Å². The molecule has 6 aromatic carbocycles. The number of allylic oxidation sites excluding steroid dienone is 13. The second kappa shape index (κ2) is 19.6. The highest BCUT2D eigenvalue weighted by Crippen LogP contribution is 2.30. The molecule has 6 aromatic rings. The fraction of sp³-hybridized carbons (Fsp3) is 0.138. The Kier molecular flexibility index (Phi) is 13.9. The van der Waals surface area contributed by atoms with Crippen LogP contribution >= 0.6 is 0 Å². The van der Waals surface area contributed by atoms with E-state index in [2.05, 4.69) is 237 Å². The second-order valence-electron chi connectivity index (χ2n) is 15.5. The average Bonchev–Trinajstić information content (AvgIpc) is 3.23. The Morgan fingerprint density at radius 3 is 1.74 bits per heavy atom. The quantitative estimate of drug-likeness (QED) is 0.0972. The smallest absolute Gasteiger partial charge is 0.00258 e. The van der Waals surface area contributed by atoms with Crippen LogP contribution in [0.4, 0.5) is 0 Å². The van der Waals surface area contributed by atoms with E-state index < -0.39 is 0 Å². The SMILES string of the molecule is C=C(/C=C\C=C(/C)CC(/C=C\C)=C\C=C(/C)c1ccc(Cc2ccc(C(=C)/C=C\c3ccc4ccc(-c5ccc(C)cc5)cc4c3C)cc2)cc1)c1ccc(C)cc1. The maximum absolute atomic E-state index is 4.40. The highest BCUT2D eigenvalue weighted by Gasteiger charge is 2.06. The summed E-state index contributed by atoms with van der Waals surface area (Å²) in [5, 5.41) is 2.54. The van der Waals surface area contributed by atoms with Crippen LogP contribution in [-0.2, 0) is 6.42 Å². The van der Waals surface area contributed by atoms with Gasteiger partial charge in [0.25, 0.3) is 0 Å². The van der Waals surface area contributed by atoms with Crippen LogP contribution in [0, 0.1) is 20.8 Å². The van der Waals surface area contributed by atoms with Crippen LogP contribution in [0.5, 0.6) is 0 Å². The standard InChI is InChI=1S/C58H56/c1-9-11-48(38-43(4)12-10-13-44(5)51-25-14-41(2)15-26-51)20-18-45(6)52-30-21-49(22-31-52)39-50-23-32-53(33-24-50)46(7)19-29-54-34-35-56-36-37-57(40-58(56)47(54)8)55-27-16-42(3)17-28-55/h9-37,40H,5,7,38-39H2,1-4,6,8H3/b11-9-,13-10-,29-19-,43-12+,45-18+,48-20-. The van der Waals surface area contributed by atoms with Crippen molar-refractivity contribution in [2.24, 2.45) is 0 Å². The normalized spacial score (nSPS) is 12.7. The Morgan fingerprint density at radius 1 is 0.552 bits per heavy atom. The minimum atomic E-state index is 0.885. The fourth-order valence-electron chi connectivity index (χ4n) is 7.13. The van der Waals surface area contributed by atoms with Crippen LogP contribution in [0.2, 0.25) is 0 Å². The summed E-state index contributed by atoms with van der Waals surface area (Å²) in [4.78, 5) is 0. The highest BCUT2D eigenvalue weighted by atomic mass is 14.1. The third-order valence-electron chi connectivity index (χ3n) is 10.8. The van der Waals surface area contributed by atoms with Gasteiger partial charge in [-0.15, -0.1) is 0 Å². The predicted molar refractivity (Wildman–Crippen MR) is 257 cm³/mol. The molecule has 0 aliphatic carbocycles. The molecule has 58 heavy (non-hydrogen) atoms. The Balaban J connectivity index is 1.04. The predicted octanol–water partition coefficient (Wildman–Crippen LogP) is 16.3. The summed E-state index contributed by atoms with van der Waals surface area (Å²) in [6.07, 6.45) is 21.3. The first kappa shape index (κ1) is 41.1. The molecule has 0 fully saturated rings. The lowest BCUT2D eigenvalue weighted by Crippen LogP contribution is -1.90. The molecule has 0 nitrogen and oxygen atoms in total. The molecule has 0 amide bonds. The van der Waals surface area contributed by atoms with Crippen molar-refractivity contribution in [1.29, 1.82) is 0 Å². The lowest BCUT2D eigenvalue weighted by atomic mass is 9.95. The van der Waals surface area contributed by atoms with Crippen molar-refractivity contribution in [2.75, 3.05) is 0 Å². The van der Waals surface area contributed by atoms with Crippen molar-refractivity contribution >= 4 is 33.6 Å². The van der Waals surface area contributed by atoms with Gasteiger partial charge in [0.1, 0.15) is 0 Å². The van der Waals surface area contributed by atoms with E-state index in [0.717, 1.165) is 35.1 Å². The van der Waals surface area contributed by atoms with Crippen LogP contribution < -0.4 is 0 Å². The van der Waals surface area contributed by atoms with Gasteiger partial charge in [-0.3, -0.25) is 0 Å². The van der Waals surface area contributed by atoms with Gasteiger partial charge in [-0.1, -0.05) is 206 Å². The maximum atomic E-state index is 4.40. The topological polar surface area (TPSA) is 0 Å². The lowest BCUT2D eigenvalue weighted by molar-refractivity contribution is 1.15. The van der Waals surface area contributed by atoms with Gasteiger partial charge in [0.05, 0.1) is 0 Å². The zero-order chi connectivity index (χ0) is 41.0. The van der Waals surface area contributed by atoms with Gasteiger partial charge in [-0.2, -0.15) is 0 Å². The van der Waals surface area contributed by atoms with Gasteiger partial charge >= 0.3 is 0 Å². The van der Waals surface area contributed by atoms with Crippen molar-refractivity contribution in [3.8, 4) is 11.1 Å². The molecule has 0 spiro atoms. The van der Waals surface area contributed by atoms with Gasteiger partial charge in [-0.25, -0.2) is 0 Å². The van der Waals surface area contributed by atoms with E-state index in [4.69, 9.17) is 0 Å². The summed E-state index contributed by atoms with van der Waals surface area (Å²) < 4.78 is 0. The average molecular weight is 753 g/mol. The molecular formula is C58H56. The molecule has 0 atom stereocenters. The molecule has 0 heterocycles. The Labute approximate surface area is 348 Å². The van der Waals surface area contributed by atoms with Gasteiger partial charge in [0.2, 0.25) is 0 Å². The minimum absolute atomic E-state index is 0.885. The van der Waals surface area contributed by atoms with E-state index in [-0.39, 0.29) is 0 Å². The van der Waals surface area contributed by atoms with Crippen molar-refractivity contribution in [2.45, 2.75) is 54.4 Å². The Morgan fingerprint density at radius 2 is 1.10 bits per heavy atom. The maximum Gasteiger partial charge on any atom is -0.00258 e. The molecule has 0 unspecified atom stereocenters. The van der Waals surface area contributed by atoms with Gasteiger partial charge in [0.15, 0.2) is 0 Å². The number of aryl methyl sites for hydroxylation is 3. The van der Waals surface area contributed by atoms with Crippen LogP contribution in [0.25, 0.3) is 44.7 Å². The molecule has 0 heteroatoms. The van der Waals surface area contributed by atoms with E-state index in [1.165, 1.54) is 77.6 Å². The third-order valence-corrected chi connectivity index (χ3v) is 10.8. The lowest BCUT2D eigenvalue weighted by Gasteiger charge is -2.10. The first-order valence-electron chi connectivity index (χ1n) is 20.3. The molecule has 0 saturated heterocycles. The van der Waals surface area contributed by atoms with Crippen molar-refractivity contribution in [1.82, 2.24) is 0 Å². The summed E-state index contributed by atoms with van der Waals surface area (Å²) in [5.74, 6) is 0. The zero-order valence-corrected chi connectivity index (χ0v) is 35.1. The number of hydrogen-bond donors (Lipinski definition) is 0. The van der Waals surface area contributed by atoms with Crippen LogP contribution in [-0.4, -0.2) is 0 Å². The summed E-state index contributed by atoms with van der Waals surface area (Å²) in [6.45, 7) is 21.5. The van der Waals surface area contributed by atoms with E-state index in [0.29, 0.717) is 0 Å². The summed E-state index contributed by atoms with van der Waals surface area (Å²) in [5.41, 5.74) is 19.4. The van der Waals surface area contributed by atoms with Crippen molar-refractivity contribution in [3.05, 3.63) is 250 Å². The van der Waals surface area contributed by atoms with Crippen LogP contribution in [0.15, 0.2) is 200 Å². The molecule has 288 valence electrons. The third kappa shape index (κ3) is 11.1. The zero-order valence-electron chi connectivity index (χ0n) is 35.1. The van der Waals surface area contributed by atoms with Gasteiger partial charge in [0, 0.05) is 0 Å². The minimum Gasteiger partial charge on any atom is -0.0912 e. The largest absolute Gasteiger partial charge is 0.0912 e. The molecular weight excluding hydrogens is 697 g/mol. The first-order valence-corrected chi connectivity index (χ1v) is 20.3. The van der Waals surface area contributed by atoms with E-state index in [1.54, 1.807) is 0 Å². The number of hydrogen-bond acceptors (Lipinski definition) is 0. The van der Waals surface area contributed by atoms with Crippen LogP contribution in [0.3, 0.4) is 0 Å². The molecule has 0 aliphatic heterocycles. The molecule has 6 rings (SSSR count). The molecule has 0 aliphatic rings. The molecule has 0 radical (unpaired) electrons. The number of rotatable bonds is 14. The van der Waals surface area contributed by atoms with Crippen molar-refractivity contribution in [3.63, 3.8) is 0 Å². The summed E-state index contributed by atoms with van der Waals surface area (Å²) in [6, 6.07) is 46.2. The van der Waals surface area contributed by atoms with E-state index in [1.807, 2.05) is 0 Å². The Hall–Kier alpha value is -6.50. The fourth-order valence-corrected chi connectivity index (χ4v) is 7.13. The van der Waals surface area contributed by atoms with Crippen LogP contribution in [0.1, 0.15) is 77.3 Å². The summed E-state index contributed by atoms with van der Waals surface area (Å²) >= 11 is 0. The number of fused-ring (bicyclic) bond motifs is 1. The monoisotopic (exact) mass is 752 g/mol.